The van der Waals surface area contributed by atoms with Crippen molar-refractivity contribution in [2.24, 2.45) is 0 Å². The van der Waals surface area contributed by atoms with Crippen molar-refractivity contribution in [1.29, 1.82) is 0 Å². The van der Waals surface area contributed by atoms with Gasteiger partial charge in [0.25, 0.3) is 5.69 Å². The van der Waals surface area contributed by atoms with E-state index in [1.165, 1.54) is 25.5 Å². The molecule has 0 amide bonds. The summed E-state index contributed by atoms with van der Waals surface area (Å²) >= 11 is 0. The molecule has 0 unspecified atom stereocenters. The van der Waals surface area contributed by atoms with Crippen LogP contribution in [0.5, 0.6) is 0 Å². The summed E-state index contributed by atoms with van der Waals surface area (Å²) in [6.07, 6.45) is 6.80. The summed E-state index contributed by atoms with van der Waals surface area (Å²) in [6, 6.07) is 2.64. The number of aromatic nitrogens is 2. The zero-order valence-electron chi connectivity index (χ0n) is 15.5. The summed E-state index contributed by atoms with van der Waals surface area (Å²) in [6.45, 7) is 3.63. The van der Waals surface area contributed by atoms with Crippen LogP contribution < -0.4 is 5.32 Å². The number of nitrogens with zero attached hydrogens (tertiary/aromatic N) is 4. The van der Waals surface area contributed by atoms with Crippen molar-refractivity contribution in [3.8, 4) is 0 Å². The lowest BCUT2D eigenvalue weighted by Crippen LogP contribution is -2.32. The van der Waals surface area contributed by atoms with Gasteiger partial charge in [-0.3, -0.25) is 14.8 Å². The minimum absolute atomic E-state index is 0.0150. The third-order valence-corrected chi connectivity index (χ3v) is 6.12. The molecule has 0 atom stereocenters. The number of nitro groups is 1. The minimum atomic E-state index is -4.92. The highest BCUT2D eigenvalue weighted by atomic mass is 32.2. The maximum atomic E-state index is 12.7. The molecule has 1 aliphatic rings. The standard InChI is InChI=1S/C17H21F2N5O4S/c18-17(19)29(27,28)14-4-5-15(16(10-14)24(25)26)21-13-11-20-23(12-13)9-8-22-6-2-1-3-7-22/h4-5,10-12,17,21H,1-3,6-9H2. The highest BCUT2D eigenvalue weighted by molar-refractivity contribution is 7.91. The summed E-state index contributed by atoms with van der Waals surface area (Å²) in [5.41, 5.74) is -0.164. The molecule has 0 saturated carbocycles. The Balaban J connectivity index is 1.72. The first-order valence-corrected chi connectivity index (χ1v) is 10.6. The molecule has 29 heavy (non-hydrogen) atoms. The lowest BCUT2D eigenvalue weighted by Gasteiger charge is -2.26. The lowest BCUT2D eigenvalue weighted by atomic mass is 10.1. The number of likely N-dealkylation sites (tertiary alicyclic amines) is 1. The van der Waals surface area contributed by atoms with Gasteiger partial charge in [0, 0.05) is 18.8 Å². The molecule has 2 heterocycles. The summed E-state index contributed by atoms with van der Waals surface area (Å²) in [5.74, 6) is -3.65. The van der Waals surface area contributed by atoms with Crippen LogP contribution in [0, 0.1) is 10.1 Å². The Morgan fingerprint density at radius 1 is 1.21 bits per heavy atom. The highest BCUT2D eigenvalue weighted by Crippen LogP contribution is 2.31. The largest absolute Gasteiger partial charge is 0.347 e. The van der Waals surface area contributed by atoms with Gasteiger partial charge in [-0.2, -0.15) is 13.9 Å². The summed E-state index contributed by atoms with van der Waals surface area (Å²) in [4.78, 5) is 12.0. The highest BCUT2D eigenvalue weighted by Gasteiger charge is 2.29. The number of alkyl halides is 2. The van der Waals surface area contributed by atoms with Crippen molar-refractivity contribution in [1.82, 2.24) is 14.7 Å². The number of hydrogen-bond donors (Lipinski definition) is 1. The zero-order valence-corrected chi connectivity index (χ0v) is 16.3. The SMILES string of the molecule is O=[N+]([O-])c1cc(S(=O)(=O)C(F)F)ccc1Nc1cnn(CCN2CCCCC2)c1. The van der Waals surface area contributed by atoms with Crippen molar-refractivity contribution < 1.29 is 22.1 Å². The fourth-order valence-corrected chi connectivity index (χ4v) is 3.92. The second-order valence-electron chi connectivity index (χ2n) is 6.76. The fourth-order valence-electron chi connectivity index (χ4n) is 3.18. The van der Waals surface area contributed by atoms with Gasteiger partial charge >= 0.3 is 5.76 Å². The Hall–Kier alpha value is -2.60. The Morgan fingerprint density at radius 2 is 1.93 bits per heavy atom. The van der Waals surface area contributed by atoms with Crippen molar-refractivity contribution >= 4 is 26.9 Å². The molecule has 0 bridgehead atoms. The van der Waals surface area contributed by atoms with Crippen LogP contribution in [0.15, 0.2) is 35.5 Å². The summed E-state index contributed by atoms with van der Waals surface area (Å²) in [7, 11) is -4.92. The Bertz CT molecular complexity index is 974. The van der Waals surface area contributed by atoms with E-state index >= 15 is 0 Å². The average Bonchev–Trinajstić information content (AvgIpc) is 3.14. The van der Waals surface area contributed by atoms with Crippen LogP contribution in [0.3, 0.4) is 0 Å². The number of halogens is 2. The molecule has 1 aromatic carbocycles. The van der Waals surface area contributed by atoms with Crippen LogP contribution in [0.4, 0.5) is 25.8 Å². The van der Waals surface area contributed by atoms with Gasteiger partial charge in [-0.25, -0.2) is 8.42 Å². The first-order valence-electron chi connectivity index (χ1n) is 9.10. The number of rotatable bonds is 8. The molecule has 0 radical (unpaired) electrons. The molecule has 9 nitrogen and oxygen atoms in total. The van der Waals surface area contributed by atoms with Crippen LogP contribution in [-0.2, 0) is 16.4 Å². The van der Waals surface area contributed by atoms with Gasteiger partial charge in [0.05, 0.1) is 28.2 Å². The van der Waals surface area contributed by atoms with Crippen LogP contribution in [0.25, 0.3) is 0 Å². The normalized spacial score (nSPS) is 15.6. The minimum Gasteiger partial charge on any atom is -0.347 e. The summed E-state index contributed by atoms with van der Waals surface area (Å²) < 4.78 is 50.3. The molecule has 0 spiro atoms. The molecule has 3 rings (SSSR count). The number of nitrogens with one attached hydrogen (secondary N) is 1. The quantitative estimate of drug-likeness (QED) is 0.507. The van der Waals surface area contributed by atoms with Crippen molar-refractivity contribution in [2.75, 3.05) is 25.0 Å². The molecule has 12 heteroatoms. The Labute approximate surface area is 166 Å². The van der Waals surface area contributed by atoms with Crippen molar-refractivity contribution in [2.45, 2.75) is 36.5 Å². The van der Waals surface area contributed by atoms with E-state index in [9.17, 15) is 27.3 Å². The van der Waals surface area contributed by atoms with Gasteiger partial charge in [0.15, 0.2) is 0 Å². The van der Waals surface area contributed by atoms with Gasteiger partial charge < -0.3 is 10.2 Å². The Morgan fingerprint density at radius 3 is 2.59 bits per heavy atom. The van der Waals surface area contributed by atoms with E-state index < -0.39 is 31.1 Å². The number of piperidine rings is 1. The van der Waals surface area contributed by atoms with E-state index in [-0.39, 0.29) is 5.69 Å². The molecule has 1 saturated heterocycles. The van der Waals surface area contributed by atoms with Gasteiger partial charge in [-0.15, -0.1) is 0 Å². The van der Waals surface area contributed by atoms with E-state index in [4.69, 9.17) is 0 Å². The first-order chi connectivity index (χ1) is 13.8. The lowest BCUT2D eigenvalue weighted by molar-refractivity contribution is -0.384. The number of anilines is 2. The number of nitro benzene ring substituents is 1. The molecule has 1 fully saturated rings. The van der Waals surface area contributed by atoms with E-state index in [1.54, 1.807) is 10.9 Å². The van der Waals surface area contributed by atoms with Gasteiger partial charge in [0.1, 0.15) is 5.69 Å². The summed E-state index contributed by atoms with van der Waals surface area (Å²) in [5, 5.41) is 18.3. The number of hydrogen-bond acceptors (Lipinski definition) is 7. The second kappa shape index (κ2) is 8.82. The monoisotopic (exact) mass is 429 g/mol. The first kappa shape index (κ1) is 21.1. The number of sulfone groups is 1. The topological polar surface area (TPSA) is 110 Å². The van der Waals surface area contributed by atoms with E-state index in [0.717, 1.165) is 31.8 Å². The molecule has 1 N–H and O–H groups in total. The van der Waals surface area contributed by atoms with Crippen LogP contribution in [0.2, 0.25) is 0 Å². The fraction of sp³-hybridized carbons (Fsp3) is 0.471. The van der Waals surface area contributed by atoms with Crippen LogP contribution in [-0.4, -0.2) is 53.4 Å². The molecule has 158 valence electrons. The third-order valence-electron chi connectivity index (χ3n) is 4.74. The molecule has 0 aliphatic carbocycles. The molecule has 1 aliphatic heterocycles. The second-order valence-corrected chi connectivity index (χ2v) is 8.68. The average molecular weight is 429 g/mol. The Kier molecular flexibility index (Phi) is 6.42. The van der Waals surface area contributed by atoms with Gasteiger partial charge in [0.2, 0.25) is 9.84 Å². The number of benzene rings is 1. The molecular formula is C17H21F2N5O4S. The molecular weight excluding hydrogens is 408 g/mol. The predicted molar refractivity (Wildman–Crippen MR) is 102 cm³/mol. The van der Waals surface area contributed by atoms with Crippen LogP contribution >= 0.6 is 0 Å². The van der Waals surface area contributed by atoms with E-state index in [1.807, 2.05) is 0 Å². The molecule has 2 aromatic rings. The van der Waals surface area contributed by atoms with Gasteiger partial charge in [-0.05, 0) is 38.1 Å². The smallest absolute Gasteiger partial charge is 0.341 e. The van der Waals surface area contributed by atoms with Gasteiger partial charge in [-0.1, -0.05) is 6.42 Å². The molecule has 1 aromatic heterocycles. The van der Waals surface area contributed by atoms with Crippen molar-refractivity contribution in [3.63, 3.8) is 0 Å². The maximum absolute atomic E-state index is 12.7. The maximum Gasteiger partial charge on any atom is 0.341 e. The van der Waals surface area contributed by atoms with Crippen molar-refractivity contribution in [3.05, 3.63) is 40.7 Å². The third kappa shape index (κ3) is 5.07. The van der Waals surface area contributed by atoms with E-state index in [2.05, 4.69) is 15.3 Å². The van der Waals surface area contributed by atoms with E-state index in [0.29, 0.717) is 18.3 Å². The van der Waals surface area contributed by atoms with Crippen LogP contribution in [0.1, 0.15) is 19.3 Å². The zero-order chi connectivity index (χ0) is 21.0. The predicted octanol–water partition coefficient (Wildman–Crippen LogP) is 3.02.